The first-order chi connectivity index (χ1) is 33.0. The van der Waals surface area contributed by atoms with Gasteiger partial charge in [0.1, 0.15) is 17.0 Å². The van der Waals surface area contributed by atoms with Gasteiger partial charge >= 0.3 is 11.9 Å². The summed E-state index contributed by atoms with van der Waals surface area (Å²) in [6.45, 7) is 17.3. The normalized spacial score (nSPS) is 15.2. The number of fused-ring (bicyclic) bond motifs is 3. The monoisotopic (exact) mass is 994 g/mol. The van der Waals surface area contributed by atoms with Crippen LogP contribution in [0.25, 0.3) is 44.0 Å². The highest BCUT2D eigenvalue weighted by molar-refractivity contribution is 9.10. The SMILES string of the molecule is C#Cc1cncc2ccc(CN3CCC(CC(=O)OC(C)(C)C)CC3)cc12.CC(C)(C)OC(=O)CC1CCN(Cc2ccc3cncc(-c4cc5cccnc5o4)c3c2)CC1.O=c1[nH]cccc1Br. The molecule has 0 saturated carbocycles. The molecule has 69 heavy (non-hydrogen) atoms. The fourth-order valence-electron chi connectivity index (χ4n) is 8.79. The summed E-state index contributed by atoms with van der Waals surface area (Å²) < 4.78 is 17.5. The van der Waals surface area contributed by atoms with E-state index in [1.54, 1.807) is 30.7 Å². The topological polar surface area (TPSA) is 144 Å². The van der Waals surface area contributed by atoms with Crippen LogP contribution in [-0.2, 0) is 32.2 Å². The number of likely N-dealkylation sites (tertiary alicyclic amines) is 2. The number of hydrogen-bond acceptors (Lipinski definition) is 11. The number of aromatic nitrogens is 4. The first-order valence-corrected chi connectivity index (χ1v) is 24.5. The minimum atomic E-state index is -0.416. The Morgan fingerprint density at radius 2 is 1.29 bits per heavy atom. The molecule has 2 fully saturated rings. The summed E-state index contributed by atoms with van der Waals surface area (Å²) in [5.41, 5.74) is 4.07. The highest BCUT2D eigenvalue weighted by atomic mass is 79.9. The maximum Gasteiger partial charge on any atom is 0.306 e. The van der Waals surface area contributed by atoms with E-state index >= 15 is 0 Å². The number of carbonyl (C=O) groups excluding carboxylic acids is 2. The van der Waals surface area contributed by atoms with Gasteiger partial charge in [0.05, 0.1) is 10.0 Å². The average molecular weight is 996 g/mol. The fourth-order valence-corrected chi connectivity index (χ4v) is 9.06. The zero-order chi connectivity index (χ0) is 49.1. The molecule has 2 aliphatic rings. The molecule has 0 spiro atoms. The summed E-state index contributed by atoms with van der Waals surface area (Å²) in [7, 11) is 0. The standard InChI is InChI=1S/C28H31N3O3.C23H28N2O2.C5H4BrNO/c1-28(2,3)34-26(32)14-19-8-11-31(12-9-19)18-20-6-7-22-16-29-17-24(23(22)13-20)25-15-21-5-4-10-30-27(21)33-25;1-5-19-14-24-15-20-7-6-18(12-21(19)20)16-25-10-8-17(9-11-25)13-22(26)27-23(2,3)4;6-4-2-1-3-7-5(4)8/h4-7,10,13,15-17,19H,8-9,11-12,14,18H2,1-3H3;1,6-7,12,14-15,17H,8-11,13,16H2,2-4H3;1-3H,(H,7,8). The van der Waals surface area contributed by atoms with E-state index in [4.69, 9.17) is 20.3 Å². The van der Waals surface area contributed by atoms with Crippen LogP contribution in [-0.4, -0.2) is 79.1 Å². The smallest absolute Gasteiger partial charge is 0.306 e. The molecule has 0 bridgehead atoms. The number of terminal acetylenes is 1. The number of benzene rings is 2. The third-order valence-electron chi connectivity index (χ3n) is 12.1. The van der Waals surface area contributed by atoms with Crippen LogP contribution < -0.4 is 5.56 Å². The number of nitrogens with one attached hydrogen (secondary N) is 1. The lowest BCUT2D eigenvalue weighted by atomic mass is 9.93. The number of pyridine rings is 4. The highest BCUT2D eigenvalue weighted by Crippen LogP contribution is 2.33. The van der Waals surface area contributed by atoms with Gasteiger partial charge < -0.3 is 18.9 Å². The number of esters is 2. The third kappa shape index (κ3) is 14.9. The molecule has 1 N–H and O–H groups in total. The Bertz CT molecular complexity index is 2930. The largest absolute Gasteiger partial charge is 0.460 e. The van der Waals surface area contributed by atoms with Crippen molar-refractivity contribution in [3.05, 3.63) is 135 Å². The molecule has 9 rings (SSSR count). The number of carbonyl (C=O) groups is 2. The van der Waals surface area contributed by atoms with Gasteiger partial charge in [-0.25, -0.2) is 4.98 Å². The molecule has 13 heteroatoms. The molecule has 5 aromatic heterocycles. The minimum Gasteiger partial charge on any atom is -0.460 e. The summed E-state index contributed by atoms with van der Waals surface area (Å²) in [4.78, 5) is 55.1. The van der Waals surface area contributed by atoms with Crippen molar-refractivity contribution in [3.8, 4) is 23.7 Å². The number of piperidine rings is 2. The summed E-state index contributed by atoms with van der Waals surface area (Å²) in [5, 5.41) is 5.37. The molecule has 2 saturated heterocycles. The van der Waals surface area contributed by atoms with Crippen LogP contribution in [0.2, 0.25) is 0 Å². The van der Waals surface area contributed by atoms with Crippen LogP contribution in [0.1, 0.15) is 96.8 Å². The lowest BCUT2D eigenvalue weighted by Gasteiger charge is -2.32. The maximum atomic E-state index is 12.2. The summed E-state index contributed by atoms with van der Waals surface area (Å²) in [6, 6.07) is 22.4. The molecule has 0 unspecified atom stereocenters. The molecule has 0 radical (unpaired) electrons. The lowest BCUT2D eigenvalue weighted by molar-refractivity contribution is -0.157. The Morgan fingerprint density at radius 1 is 0.739 bits per heavy atom. The fraction of sp³-hybridized carbons (Fsp3) is 0.393. The van der Waals surface area contributed by atoms with Gasteiger partial charge in [-0.05, 0) is 180 Å². The number of aromatic amines is 1. The highest BCUT2D eigenvalue weighted by Gasteiger charge is 2.26. The number of rotatable bonds is 9. The quantitative estimate of drug-likeness (QED) is 0.109. The second-order valence-corrected chi connectivity index (χ2v) is 20.9. The first kappa shape index (κ1) is 50.7. The first-order valence-electron chi connectivity index (χ1n) is 23.7. The van der Waals surface area contributed by atoms with E-state index in [0.29, 0.717) is 34.9 Å². The van der Waals surface area contributed by atoms with Crippen LogP contribution in [0.5, 0.6) is 0 Å². The molecular formula is C56H63BrN6O6. The second kappa shape index (κ2) is 22.9. The minimum absolute atomic E-state index is 0.0779. The van der Waals surface area contributed by atoms with Crippen LogP contribution in [0, 0.1) is 24.2 Å². The van der Waals surface area contributed by atoms with Crippen LogP contribution in [0.4, 0.5) is 0 Å². The van der Waals surface area contributed by atoms with E-state index in [1.165, 1.54) is 11.1 Å². The van der Waals surface area contributed by atoms with E-state index in [9.17, 15) is 14.4 Å². The Balaban J connectivity index is 0.000000179. The Labute approximate surface area is 413 Å². The van der Waals surface area contributed by atoms with Crippen molar-refractivity contribution in [1.29, 1.82) is 0 Å². The van der Waals surface area contributed by atoms with E-state index in [-0.39, 0.29) is 17.5 Å². The Hall–Kier alpha value is -6.20. The predicted octanol–water partition coefficient (Wildman–Crippen LogP) is 11.3. The zero-order valence-electron chi connectivity index (χ0n) is 40.6. The van der Waals surface area contributed by atoms with E-state index in [1.807, 2.05) is 78.3 Å². The number of hydrogen-bond donors (Lipinski definition) is 1. The van der Waals surface area contributed by atoms with E-state index in [2.05, 4.69) is 88.0 Å². The molecule has 7 heterocycles. The Morgan fingerprint density at radius 3 is 1.80 bits per heavy atom. The summed E-state index contributed by atoms with van der Waals surface area (Å²) in [6.07, 6.45) is 21.4. The lowest BCUT2D eigenvalue weighted by Crippen LogP contribution is -2.34. The molecule has 0 amide bonds. The number of H-pyrrole nitrogens is 1. The van der Waals surface area contributed by atoms with Crippen LogP contribution in [0.3, 0.4) is 0 Å². The maximum absolute atomic E-state index is 12.2. The summed E-state index contributed by atoms with van der Waals surface area (Å²) in [5.74, 6) is 4.17. The molecule has 12 nitrogen and oxygen atoms in total. The number of furan rings is 1. The van der Waals surface area contributed by atoms with Crippen LogP contribution >= 0.6 is 15.9 Å². The predicted molar refractivity (Wildman–Crippen MR) is 276 cm³/mol. The van der Waals surface area contributed by atoms with E-state index < -0.39 is 11.2 Å². The van der Waals surface area contributed by atoms with Crippen molar-refractivity contribution < 1.29 is 23.5 Å². The van der Waals surface area contributed by atoms with Gasteiger partial charge in [0.2, 0.25) is 5.71 Å². The number of halogens is 1. The molecule has 7 aromatic rings. The van der Waals surface area contributed by atoms with Crippen molar-refractivity contribution in [3.63, 3.8) is 0 Å². The molecule has 2 aliphatic heterocycles. The number of nitrogens with zero attached hydrogens (tertiary/aromatic N) is 5. The van der Waals surface area contributed by atoms with Crippen molar-refractivity contribution in [2.24, 2.45) is 11.8 Å². The molecule has 0 aliphatic carbocycles. The van der Waals surface area contributed by atoms with Crippen LogP contribution in [0.15, 0.2) is 118 Å². The van der Waals surface area contributed by atoms with Gasteiger partial charge in [0.15, 0.2) is 0 Å². The molecule has 0 atom stereocenters. The third-order valence-corrected chi connectivity index (χ3v) is 12.7. The zero-order valence-corrected chi connectivity index (χ0v) is 42.2. The summed E-state index contributed by atoms with van der Waals surface area (Å²) >= 11 is 3.05. The van der Waals surface area contributed by atoms with Crippen molar-refractivity contribution >= 4 is 60.5 Å². The molecule has 2 aromatic carbocycles. The average Bonchev–Trinajstić information content (AvgIpc) is 3.74. The van der Waals surface area contributed by atoms with Gasteiger partial charge in [-0.3, -0.25) is 34.2 Å². The van der Waals surface area contributed by atoms with Gasteiger partial charge in [-0.15, -0.1) is 6.42 Å². The van der Waals surface area contributed by atoms with E-state index in [0.717, 1.165) is 109 Å². The van der Waals surface area contributed by atoms with Crippen molar-refractivity contribution in [2.75, 3.05) is 26.2 Å². The second-order valence-electron chi connectivity index (χ2n) is 20.0. The van der Waals surface area contributed by atoms with Gasteiger partial charge in [0, 0.05) is 90.2 Å². The molecular weight excluding hydrogens is 933 g/mol. The number of ether oxygens (including phenoxy) is 2. The van der Waals surface area contributed by atoms with Crippen molar-refractivity contribution in [2.45, 2.75) is 104 Å². The van der Waals surface area contributed by atoms with Gasteiger partial charge in [-0.1, -0.05) is 30.2 Å². The van der Waals surface area contributed by atoms with Gasteiger partial charge in [-0.2, -0.15) is 0 Å². The van der Waals surface area contributed by atoms with Crippen molar-refractivity contribution in [1.82, 2.24) is 29.7 Å². The Kier molecular flexibility index (Phi) is 16.8. The van der Waals surface area contributed by atoms with Gasteiger partial charge in [0.25, 0.3) is 5.56 Å². The molecule has 360 valence electrons.